The minimum absolute atomic E-state index is 0.00876. The molecular formula is C17H21NO. The zero-order valence-corrected chi connectivity index (χ0v) is 12.0. The van der Waals surface area contributed by atoms with E-state index in [9.17, 15) is 5.11 Å². The summed E-state index contributed by atoms with van der Waals surface area (Å²) in [5, 5.41) is 10.6. The van der Waals surface area contributed by atoms with E-state index in [1.54, 1.807) is 12.4 Å². The highest BCUT2D eigenvalue weighted by atomic mass is 16.3. The van der Waals surface area contributed by atoms with Crippen molar-refractivity contribution in [1.29, 1.82) is 0 Å². The quantitative estimate of drug-likeness (QED) is 0.886. The van der Waals surface area contributed by atoms with Crippen LogP contribution in [0.3, 0.4) is 0 Å². The van der Waals surface area contributed by atoms with Gasteiger partial charge in [0.1, 0.15) is 6.10 Å². The Morgan fingerprint density at radius 3 is 2.42 bits per heavy atom. The third-order valence-corrected chi connectivity index (χ3v) is 3.28. The molecule has 1 heterocycles. The first kappa shape index (κ1) is 13.8. The number of hydrogen-bond acceptors (Lipinski definition) is 2. The first-order chi connectivity index (χ1) is 8.89. The van der Waals surface area contributed by atoms with Crippen LogP contribution >= 0.6 is 0 Å². The fraction of sp³-hybridized carbons (Fsp3) is 0.353. The molecule has 0 spiro atoms. The second-order valence-electron chi connectivity index (χ2n) is 6.04. The van der Waals surface area contributed by atoms with Gasteiger partial charge in [-0.2, -0.15) is 0 Å². The highest BCUT2D eigenvalue weighted by Gasteiger charge is 2.22. The summed E-state index contributed by atoms with van der Waals surface area (Å²) in [5.41, 5.74) is 4.04. The van der Waals surface area contributed by atoms with Crippen LogP contribution in [0.5, 0.6) is 0 Å². The SMILES string of the molecule is Cc1cncc(C(O)c2ccccc2C(C)(C)C)c1. The van der Waals surface area contributed by atoms with Crippen molar-refractivity contribution in [3.05, 3.63) is 65.0 Å². The van der Waals surface area contributed by atoms with Crippen molar-refractivity contribution in [2.45, 2.75) is 39.2 Å². The maximum Gasteiger partial charge on any atom is 0.106 e. The number of rotatable bonds is 2. The van der Waals surface area contributed by atoms with Gasteiger partial charge in [0.05, 0.1) is 0 Å². The first-order valence-corrected chi connectivity index (χ1v) is 6.58. The summed E-state index contributed by atoms with van der Waals surface area (Å²) in [7, 11) is 0. The fourth-order valence-corrected chi connectivity index (χ4v) is 2.33. The zero-order chi connectivity index (χ0) is 14.0. The summed E-state index contributed by atoms with van der Waals surface area (Å²) in [5.74, 6) is 0. The molecule has 0 saturated carbocycles. The second kappa shape index (κ2) is 5.14. The molecule has 0 aliphatic rings. The summed E-state index contributed by atoms with van der Waals surface area (Å²) >= 11 is 0. The van der Waals surface area contributed by atoms with Crippen LogP contribution in [0.1, 0.15) is 49.1 Å². The average Bonchev–Trinajstić information content (AvgIpc) is 2.37. The monoisotopic (exact) mass is 255 g/mol. The summed E-state index contributed by atoms with van der Waals surface area (Å²) in [6.45, 7) is 8.46. The molecule has 0 bridgehead atoms. The van der Waals surface area contributed by atoms with Crippen molar-refractivity contribution >= 4 is 0 Å². The van der Waals surface area contributed by atoms with Crippen LogP contribution < -0.4 is 0 Å². The third kappa shape index (κ3) is 3.02. The molecule has 0 aliphatic carbocycles. The molecule has 1 aromatic carbocycles. The van der Waals surface area contributed by atoms with Crippen molar-refractivity contribution in [2.24, 2.45) is 0 Å². The molecule has 1 atom stereocenters. The Morgan fingerprint density at radius 1 is 1.11 bits per heavy atom. The molecule has 2 heteroatoms. The van der Waals surface area contributed by atoms with Crippen LogP contribution in [0.4, 0.5) is 0 Å². The zero-order valence-electron chi connectivity index (χ0n) is 12.0. The number of aliphatic hydroxyl groups excluding tert-OH is 1. The summed E-state index contributed by atoms with van der Waals surface area (Å²) < 4.78 is 0. The van der Waals surface area contributed by atoms with E-state index in [-0.39, 0.29) is 5.41 Å². The number of pyridine rings is 1. The van der Waals surface area contributed by atoms with Crippen molar-refractivity contribution in [3.63, 3.8) is 0 Å². The maximum atomic E-state index is 10.6. The topological polar surface area (TPSA) is 33.1 Å². The molecular weight excluding hydrogens is 234 g/mol. The van der Waals surface area contributed by atoms with Crippen molar-refractivity contribution in [1.82, 2.24) is 4.98 Å². The van der Waals surface area contributed by atoms with Gasteiger partial charge in [-0.1, -0.05) is 51.1 Å². The lowest BCUT2D eigenvalue weighted by atomic mass is 9.81. The van der Waals surface area contributed by atoms with Gasteiger partial charge in [0, 0.05) is 18.0 Å². The predicted octanol–water partition coefficient (Wildman–Crippen LogP) is 3.77. The lowest BCUT2D eigenvalue weighted by Crippen LogP contribution is -2.16. The van der Waals surface area contributed by atoms with Crippen molar-refractivity contribution < 1.29 is 5.11 Å². The van der Waals surface area contributed by atoms with E-state index in [1.165, 1.54) is 5.56 Å². The number of aromatic nitrogens is 1. The van der Waals surface area contributed by atoms with Gasteiger partial charge in [-0.3, -0.25) is 4.98 Å². The Labute approximate surface area is 115 Å². The van der Waals surface area contributed by atoms with E-state index in [0.717, 1.165) is 16.7 Å². The van der Waals surface area contributed by atoms with E-state index in [1.807, 2.05) is 31.2 Å². The molecule has 2 aromatic rings. The Balaban J connectivity index is 2.48. The smallest absolute Gasteiger partial charge is 0.106 e. The van der Waals surface area contributed by atoms with E-state index in [0.29, 0.717) is 0 Å². The van der Waals surface area contributed by atoms with Crippen molar-refractivity contribution in [3.8, 4) is 0 Å². The van der Waals surface area contributed by atoms with Crippen LogP contribution in [0, 0.1) is 6.92 Å². The standard InChI is InChI=1S/C17H21NO/c1-12-9-13(11-18-10-12)16(19)14-7-5-6-8-15(14)17(2,3)4/h5-11,16,19H,1-4H3. The van der Waals surface area contributed by atoms with E-state index >= 15 is 0 Å². The third-order valence-electron chi connectivity index (χ3n) is 3.28. The summed E-state index contributed by atoms with van der Waals surface area (Å²) in [4.78, 5) is 4.16. The van der Waals surface area contributed by atoms with Gasteiger partial charge in [0.25, 0.3) is 0 Å². The van der Waals surface area contributed by atoms with E-state index in [4.69, 9.17) is 0 Å². The molecule has 0 aliphatic heterocycles. The first-order valence-electron chi connectivity index (χ1n) is 6.58. The van der Waals surface area contributed by atoms with Gasteiger partial charge >= 0.3 is 0 Å². The van der Waals surface area contributed by atoms with Gasteiger partial charge in [0.2, 0.25) is 0 Å². The van der Waals surface area contributed by atoms with Crippen LogP contribution in [0.25, 0.3) is 0 Å². The lowest BCUT2D eigenvalue weighted by Gasteiger charge is -2.25. The normalized spacial score (nSPS) is 13.3. The van der Waals surface area contributed by atoms with Crippen molar-refractivity contribution in [2.75, 3.05) is 0 Å². The lowest BCUT2D eigenvalue weighted by molar-refractivity contribution is 0.217. The molecule has 1 N–H and O–H groups in total. The average molecular weight is 255 g/mol. The van der Waals surface area contributed by atoms with E-state index < -0.39 is 6.10 Å². The molecule has 0 saturated heterocycles. The molecule has 1 aromatic heterocycles. The molecule has 1 unspecified atom stereocenters. The predicted molar refractivity (Wildman–Crippen MR) is 78.2 cm³/mol. The molecule has 2 rings (SSSR count). The van der Waals surface area contributed by atoms with Crippen LogP contribution in [-0.2, 0) is 5.41 Å². The molecule has 0 fully saturated rings. The molecule has 100 valence electrons. The number of benzene rings is 1. The minimum atomic E-state index is -0.622. The van der Waals surface area contributed by atoms with Crippen LogP contribution in [-0.4, -0.2) is 10.1 Å². The Morgan fingerprint density at radius 2 is 1.79 bits per heavy atom. The number of nitrogens with zero attached hydrogens (tertiary/aromatic N) is 1. The van der Waals surface area contributed by atoms with E-state index in [2.05, 4.69) is 31.8 Å². The number of hydrogen-bond donors (Lipinski definition) is 1. The van der Waals surface area contributed by atoms with Gasteiger partial charge < -0.3 is 5.11 Å². The molecule has 2 nitrogen and oxygen atoms in total. The minimum Gasteiger partial charge on any atom is -0.384 e. The molecule has 19 heavy (non-hydrogen) atoms. The molecule has 0 radical (unpaired) electrons. The molecule has 0 amide bonds. The maximum absolute atomic E-state index is 10.6. The Hall–Kier alpha value is -1.67. The Kier molecular flexibility index (Phi) is 3.72. The second-order valence-corrected chi connectivity index (χ2v) is 6.04. The highest BCUT2D eigenvalue weighted by Crippen LogP contribution is 2.32. The summed E-state index contributed by atoms with van der Waals surface area (Å²) in [6, 6.07) is 10.1. The van der Waals surface area contributed by atoms with Crippen LogP contribution in [0.15, 0.2) is 42.7 Å². The fourth-order valence-electron chi connectivity index (χ4n) is 2.33. The van der Waals surface area contributed by atoms with Gasteiger partial charge in [-0.25, -0.2) is 0 Å². The largest absolute Gasteiger partial charge is 0.384 e. The number of aliphatic hydroxyl groups is 1. The number of aryl methyl sites for hydroxylation is 1. The van der Waals surface area contributed by atoms with Crippen LogP contribution in [0.2, 0.25) is 0 Å². The highest BCUT2D eigenvalue weighted by molar-refractivity contribution is 5.39. The van der Waals surface area contributed by atoms with Gasteiger partial charge in [0.15, 0.2) is 0 Å². The summed E-state index contributed by atoms with van der Waals surface area (Å²) in [6.07, 6.45) is 2.91. The Bertz CT molecular complexity index is 569. The van der Waals surface area contributed by atoms with Gasteiger partial charge in [-0.05, 0) is 29.0 Å². The van der Waals surface area contributed by atoms with Gasteiger partial charge in [-0.15, -0.1) is 0 Å².